The van der Waals surface area contributed by atoms with Gasteiger partial charge in [-0.2, -0.15) is 0 Å². The molecule has 0 bridgehead atoms. The van der Waals surface area contributed by atoms with Gasteiger partial charge in [-0.3, -0.25) is 14.4 Å². The third-order valence-corrected chi connectivity index (χ3v) is 5.88. The molecule has 0 N–H and O–H groups in total. The molecule has 24 heavy (non-hydrogen) atoms. The van der Waals surface area contributed by atoms with Crippen molar-refractivity contribution in [3.8, 4) is 0 Å². The van der Waals surface area contributed by atoms with E-state index in [1.165, 1.54) is 35.5 Å². The SMILES string of the molecule is Cc1cc(S(=O)(=O)N2CCCc3ccc([N+](=O)[O-])cc32)ccc1F. The lowest BCUT2D eigenvalue weighted by Crippen LogP contribution is -2.35. The van der Waals surface area contributed by atoms with E-state index in [0.29, 0.717) is 18.5 Å². The van der Waals surface area contributed by atoms with Crippen LogP contribution in [0.2, 0.25) is 0 Å². The summed E-state index contributed by atoms with van der Waals surface area (Å²) in [4.78, 5) is 10.4. The van der Waals surface area contributed by atoms with Gasteiger partial charge in [0, 0.05) is 18.7 Å². The van der Waals surface area contributed by atoms with E-state index in [1.807, 2.05) is 0 Å². The topological polar surface area (TPSA) is 80.5 Å². The predicted octanol–water partition coefficient (Wildman–Crippen LogP) is 3.18. The number of aryl methyl sites for hydroxylation is 2. The summed E-state index contributed by atoms with van der Waals surface area (Å²) in [5, 5.41) is 11.0. The summed E-state index contributed by atoms with van der Waals surface area (Å²) >= 11 is 0. The highest BCUT2D eigenvalue weighted by atomic mass is 32.2. The summed E-state index contributed by atoms with van der Waals surface area (Å²) in [6.45, 7) is 1.72. The van der Waals surface area contributed by atoms with Crippen molar-refractivity contribution in [3.63, 3.8) is 0 Å². The molecule has 0 aliphatic carbocycles. The lowest BCUT2D eigenvalue weighted by atomic mass is 10.0. The Morgan fingerprint density at radius 3 is 2.62 bits per heavy atom. The quantitative estimate of drug-likeness (QED) is 0.629. The number of anilines is 1. The predicted molar refractivity (Wildman–Crippen MR) is 87.1 cm³/mol. The van der Waals surface area contributed by atoms with Gasteiger partial charge in [0.15, 0.2) is 0 Å². The van der Waals surface area contributed by atoms with E-state index in [0.717, 1.165) is 11.6 Å². The summed E-state index contributed by atoms with van der Waals surface area (Å²) in [5.74, 6) is -0.483. The third-order valence-electron chi connectivity index (χ3n) is 4.07. The number of sulfonamides is 1. The Kier molecular flexibility index (Phi) is 4.00. The van der Waals surface area contributed by atoms with Crippen molar-refractivity contribution in [1.29, 1.82) is 0 Å². The van der Waals surface area contributed by atoms with Crippen LogP contribution in [0.15, 0.2) is 41.3 Å². The van der Waals surface area contributed by atoms with Gasteiger partial charge in [0.2, 0.25) is 0 Å². The van der Waals surface area contributed by atoms with Gasteiger partial charge in [-0.25, -0.2) is 12.8 Å². The number of halogens is 1. The van der Waals surface area contributed by atoms with E-state index in [-0.39, 0.29) is 22.7 Å². The first-order valence-electron chi connectivity index (χ1n) is 7.37. The molecule has 126 valence electrons. The van der Waals surface area contributed by atoms with E-state index in [9.17, 15) is 22.9 Å². The molecule has 2 aromatic rings. The van der Waals surface area contributed by atoms with Crippen molar-refractivity contribution in [3.05, 3.63) is 63.5 Å². The molecular formula is C16H15FN2O4S. The third kappa shape index (κ3) is 2.73. The molecule has 8 heteroatoms. The maximum Gasteiger partial charge on any atom is 0.271 e. The first-order valence-corrected chi connectivity index (χ1v) is 8.81. The van der Waals surface area contributed by atoms with Crippen molar-refractivity contribution >= 4 is 21.4 Å². The monoisotopic (exact) mass is 350 g/mol. The fourth-order valence-electron chi connectivity index (χ4n) is 2.80. The molecule has 6 nitrogen and oxygen atoms in total. The van der Waals surface area contributed by atoms with E-state index in [2.05, 4.69) is 0 Å². The molecule has 3 rings (SSSR count). The van der Waals surface area contributed by atoms with Crippen LogP contribution in [0.4, 0.5) is 15.8 Å². The van der Waals surface area contributed by atoms with Crippen LogP contribution < -0.4 is 4.31 Å². The molecule has 0 fully saturated rings. The van der Waals surface area contributed by atoms with Crippen molar-refractivity contribution < 1.29 is 17.7 Å². The van der Waals surface area contributed by atoms with Gasteiger partial charge in [-0.05, 0) is 49.1 Å². The number of nitrogens with zero attached hydrogens (tertiary/aromatic N) is 2. The summed E-state index contributed by atoms with van der Waals surface area (Å²) in [7, 11) is -3.91. The standard InChI is InChI=1S/C16H15FN2O4S/c1-11-9-14(6-7-15(11)17)24(22,23)18-8-2-3-12-4-5-13(19(20)21)10-16(12)18/h4-7,9-10H,2-3,8H2,1H3. The Balaban J connectivity index is 2.12. The molecule has 1 aliphatic rings. The van der Waals surface area contributed by atoms with Crippen molar-refractivity contribution in [1.82, 2.24) is 0 Å². The average molecular weight is 350 g/mol. The van der Waals surface area contributed by atoms with Gasteiger partial charge in [-0.15, -0.1) is 0 Å². The first-order chi connectivity index (χ1) is 11.3. The molecular weight excluding hydrogens is 335 g/mol. The Labute approximate surface area is 138 Å². The molecule has 0 saturated carbocycles. The van der Waals surface area contributed by atoms with E-state index in [1.54, 1.807) is 6.07 Å². The normalized spacial score (nSPS) is 14.3. The number of benzene rings is 2. The minimum Gasteiger partial charge on any atom is -0.266 e. The zero-order valence-corrected chi connectivity index (χ0v) is 13.7. The molecule has 1 aliphatic heterocycles. The Hall–Kier alpha value is -2.48. The molecule has 1 heterocycles. The van der Waals surface area contributed by atoms with Crippen LogP contribution in [0.3, 0.4) is 0 Å². The minimum absolute atomic E-state index is 0.0271. The van der Waals surface area contributed by atoms with Crippen LogP contribution in [0.1, 0.15) is 17.5 Å². The number of fused-ring (bicyclic) bond motifs is 1. The average Bonchev–Trinajstić information content (AvgIpc) is 2.56. The van der Waals surface area contributed by atoms with Crippen LogP contribution in [-0.2, 0) is 16.4 Å². The largest absolute Gasteiger partial charge is 0.271 e. The summed E-state index contributed by atoms with van der Waals surface area (Å²) < 4.78 is 40.5. The molecule has 0 amide bonds. The number of hydrogen-bond acceptors (Lipinski definition) is 4. The Bertz CT molecular complexity index is 928. The molecule has 0 spiro atoms. The number of nitro groups is 1. The number of nitro benzene ring substituents is 1. The second-order valence-electron chi connectivity index (χ2n) is 5.66. The van der Waals surface area contributed by atoms with E-state index in [4.69, 9.17) is 0 Å². The number of rotatable bonds is 3. The maximum atomic E-state index is 13.4. The zero-order chi connectivity index (χ0) is 17.5. The van der Waals surface area contributed by atoms with Crippen molar-refractivity contribution in [2.75, 3.05) is 10.8 Å². The van der Waals surface area contributed by atoms with Gasteiger partial charge in [0.25, 0.3) is 15.7 Å². The van der Waals surface area contributed by atoms with Crippen LogP contribution in [-0.4, -0.2) is 19.9 Å². The molecule has 0 saturated heterocycles. The highest BCUT2D eigenvalue weighted by Crippen LogP contribution is 2.34. The summed E-state index contributed by atoms with van der Waals surface area (Å²) in [6, 6.07) is 7.84. The highest BCUT2D eigenvalue weighted by Gasteiger charge is 2.30. The molecule has 0 atom stereocenters. The van der Waals surface area contributed by atoms with Crippen LogP contribution in [0.25, 0.3) is 0 Å². The first kappa shape index (κ1) is 16.4. The zero-order valence-electron chi connectivity index (χ0n) is 12.9. The fraction of sp³-hybridized carbons (Fsp3) is 0.250. The van der Waals surface area contributed by atoms with Crippen molar-refractivity contribution in [2.24, 2.45) is 0 Å². The molecule has 0 unspecified atom stereocenters. The van der Waals surface area contributed by atoms with Gasteiger partial charge in [0.1, 0.15) is 5.82 Å². The molecule has 0 radical (unpaired) electrons. The summed E-state index contributed by atoms with van der Waals surface area (Å²) in [5.41, 5.74) is 1.13. The van der Waals surface area contributed by atoms with E-state index >= 15 is 0 Å². The van der Waals surface area contributed by atoms with Crippen LogP contribution in [0, 0.1) is 22.9 Å². The Morgan fingerprint density at radius 2 is 1.96 bits per heavy atom. The maximum absolute atomic E-state index is 13.4. The van der Waals surface area contributed by atoms with Gasteiger partial charge in [0.05, 0.1) is 15.5 Å². The number of hydrogen-bond donors (Lipinski definition) is 0. The lowest BCUT2D eigenvalue weighted by Gasteiger charge is -2.30. The van der Waals surface area contributed by atoms with E-state index < -0.39 is 20.8 Å². The summed E-state index contributed by atoms with van der Waals surface area (Å²) in [6.07, 6.45) is 1.27. The fourth-order valence-corrected chi connectivity index (χ4v) is 4.42. The van der Waals surface area contributed by atoms with Gasteiger partial charge < -0.3 is 0 Å². The van der Waals surface area contributed by atoms with Gasteiger partial charge >= 0.3 is 0 Å². The lowest BCUT2D eigenvalue weighted by molar-refractivity contribution is -0.384. The molecule has 0 aromatic heterocycles. The second kappa shape index (κ2) is 5.86. The molecule has 2 aromatic carbocycles. The van der Waals surface area contributed by atoms with Crippen molar-refractivity contribution in [2.45, 2.75) is 24.7 Å². The highest BCUT2D eigenvalue weighted by molar-refractivity contribution is 7.92. The Morgan fingerprint density at radius 1 is 1.21 bits per heavy atom. The second-order valence-corrected chi connectivity index (χ2v) is 7.52. The number of non-ortho nitro benzene ring substituents is 1. The smallest absolute Gasteiger partial charge is 0.266 e. The van der Waals surface area contributed by atoms with Crippen LogP contribution in [0.5, 0.6) is 0 Å². The van der Waals surface area contributed by atoms with Crippen LogP contribution >= 0.6 is 0 Å². The minimum atomic E-state index is -3.91. The van der Waals surface area contributed by atoms with Gasteiger partial charge in [-0.1, -0.05) is 6.07 Å².